The predicted molar refractivity (Wildman–Crippen MR) is 147 cm³/mol. The van der Waals surface area contributed by atoms with Crippen molar-refractivity contribution in [3.8, 4) is 34.8 Å². The summed E-state index contributed by atoms with van der Waals surface area (Å²) < 4.78 is 27.9. The summed E-state index contributed by atoms with van der Waals surface area (Å²) in [7, 11) is 1.00. The zero-order valence-corrected chi connectivity index (χ0v) is 23.1. The highest BCUT2D eigenvalue weighted by Crippen LogP contribution is 2.31. The lowest BCUT2D eigenvalue weighted by molar-refractivity contribution is 0.0268. The van der Waals surface area contributed by atoms with E-state index in [0.717, 1.165) is 29.6 Å². The van der Waals surface area contributed by atoms with E-state index in [1.807, 2.05) is 52.9 Å². The van der Waals surface area contributed by atoms with Crippen LogP contribution in [0, 0.1) is 29.0 Å². The molecule has 1 N–H and O–H groups in total. The number of rotatable bonds is 8. The van der Waals surface area contributed by atoms with E-state index in [2.05, 4.69) is 44.9 Å². The van der Waals surface area contributed by atoms with Gasteiger partial charge in [-0.25, -0.2) is 9.37 Å². The van der Waals surface area contributed by atoms with Crippen LogP contribution in [-0.2, 0) is 11.1 Å². The smallest absolute Gasteiger partial charge is 0.165 e. The van der Waals surface area contributed by atoms with Crippen LogP contribution in [0.4, 0.5) is 4.39 Å². The van der Waals surface area contributed by atoms with Crippen molar-refractivity contribution < 1.29 is 18.8 Å². The van der Waals surface area contributed by atoms with Gasteiger partial charge in [0.15, 0.2) is 11.6 Å². The Hall–Kier alpha value is -2.53. The molecule has 2 aromatic carbocycles. The molecule has 0 amide bonds. The Balaban J connectivity index is 0.00000176. The van der Waals surface area contributed by atoms with Gasteiger partial charge in [0.1, 0.15) is 18.0 Å². The molecule has 188 valence electrons. The Morgan fingerprint density at radius 1 is 1.19 bits per heavy atom. The third-order valence-electron chi connectivity index (χ3n) is 5.48. The maximum absolute atomic E-state index is 14.6. The first-order valence-electron chi connectivity index (χ1n) is 11.2. The van der Waals surface area contributed by atoms with Gasteiger partial charge in [0.25, 0.3) is 0 Å². The van der Waals surface area contributed by atoms with E-state index in [0.29, 0.717) is 32.6 Å². The Labute approximate surface area is 225 Å². The second-order valence-corrected chi connectivity index (χ2v) is 9.58. The Morgan fingerprint density at radius 2 is 1.92 bits per heavy atom. The highest BCUT2D eigenvalue weighted by Gasteiger charge is 2.28. The standard InChI is InChI=1S/C25H23FIN4O2P.CH4O/c1-18(33-34-27)25-29-11-14-31(25)12-2-3-19-4-6-20(7-5-19)21-8-9-24(23(26)15-21)32-22-16-30(17-22)13-10-28;1-2/h4-9,11,14-15,18,22,34H,12-13,16-17H2,1H3;2H,1H3. The van der Waals surface area contributed by atoms with E-state index in [-0.39, 0.29) is 18.0 Å². The molecule has 1 aromatic heterocycles. The van der Waals surface area contributed by atoms with E-state index in [1.54, 1.807) is 12.3 Å². The lowest BCUT2D eigenvalue weighted by Gasteiger charge is -2.37. The summed E-state index contributed by atoms with van der Waals surface area (Å²) in [4.78, 5) is 6.33. The van der Waals surface area contributed by atoms with Crippen molar-refractivity contribution in [2.24, 2.45) is 0 Å². The largest absolute Gasteiger partial charge is 0.485 e. The van der Waals surface area contributed by atoms with Gasteiger partial charge >= 0.3 is 0 Å². The van der Waals surface area contributed by atoms with Gasteiger partial charge < -0.3 is 18.9 Å². The molecule has 0 bridgehead atoms. The van der Waals surface area contributed by atoms with E-state index >= 15 is 0 Å². The molecule has 0 aliphatic carbocycles. The van der Waals surface area contributed by atoms with E-state index in [9.17, 15) is 4.39 Å². The maximum Gasteiger partial charge on any atom is 0.165 e. The van der Waals surface area contributed by atoms with Crippen LogP contribution in [0.5, 0.6) is 5.75 Å². The van der Waals surface area contributed by atoms with Gasteiger partial charge in [-0.15, -0.1) is 0 Å². The number of likely N-dealkylation sites (tertiary alicyclic amines) is 1. The summed E-state index contributed by atoms with van der Waals surface area (Å²) in [6, 6.07) is 14.8. The van der Waals surface area contributed by atoms with Gasteiger partial charge in [0, 0.05) is 38.2 Å². The van der Waals surface area contributed by atoms with Gasteiger partial charge in [0.05, 0.1) is 25.6 Å². The number of hydrogen-bond acceptors (Lipinski definition) is 6. The molecule has 2 unspecified atom stereocenters. The minimum atomic E-state index is -0.391. The number of nitrogens with zero attached hydrogens (tertiary/aromatic N) is 4. The van der Waals surface area contributed by atoms with E-state index in [1.165, 1.54) is 6.07 Å². The average molecular weight is 620 g/mol. The van der Waals surface area contributed by atoms with Crippen LogP contribution < -0.4 is 4.74 Å². The number of aromatic nitrogens is 2. The van der Waals surface area contributed by atoms with Gasteiger partial charge in [-0.3, -0.25) is 4.90 Å². The molecule has 4 rings (SSSR count). The molecule has 1 aliphatic rings. The van der Waals surface area contributed by atoms with Crippen molar-refractivity contribution in [1.29, 1.82) is 5.26 Å². The van der Waals surface area contributed by atoms with Crippen LogP contribution in [0.3, 0.4) is 0 Å². The first-order valence-corrected chi connectivity index (χ1v) is 15.2. The summed E-state index contributed by atoms with van der Waals surface area (Å²) in [5.74, 6) is 7.06. The van der Waals surface area contributed by atoms with Crippen LogP contribution in [-0.4, -0.2) is 52.4 Å². The molecule has 0 spiro atoms. The number of halogens is 2. The van der Waals surface area contributed by atoms with Crippen molar-refractivity contribution in [3.05, 3.63) is 72.1 Å². The number of aliphatic hydroxyl groups excluding tert-OH is 1. The SMILES string of the molecule is CC(OPI)c1nccn1CC#Cc1ccc(-c2ccc(OC3CN(CC#N)C3)c(F)c2)cc1.CO. The molecule has 1 fully saturated rings. The van der Waals surface area contributed by atoms with Gasteiger partial charge in [0.2, 0.25) is 0 Å². The second kappa shape index (κ2) is 14.3. The van der Waals surface area contributed by atoms with Gasteiger partial charge in [-0.05, 0) is 64.4 Å². The van der Waals surface area contributed by atoms with Crippen LogP contribution >= 0.6 is 28.5 Å². The number of hydrogen-bond donors (Lipinski definition) is 1. The zero-order chi connectivity index (χ0) is 25.9. The number of ether oxygens (including phenoxy) is 1. The summed E-state index contributed by atoms with van der Waals surface area (Å²) in [5.41, 5.74) is 2.57. The van der Waals surface area contributed by atoms with Crippen LogP contribution in [0.15, 0.2) is 54.9 Å². The first kappa shape index (κ1) is 28.0. The normalized spacial score (nSPS) is 14.2. The fourth-order valence-electron chi connectivity index (χ4n) is 3.69. The molecule has 0 saturated carbocycles. The Bertz CT molecular complexity index is 1230. The number of aliphatic hydroxyl groups is 1. The Kier molecular flexibility index (Phi) is 11.1. The van der Waals surface area contributed by atoms with Gasteiger partial charge in [-0.1, -0.05) is 30.0 Å². The quantitative estimate of drug-likeness (QED) is 0.166. The topological polar surface area (TPSA) is 83.5 Å². The molecule has 10 heteroatoms. The van der Waals surface area contributed by atoms with Crippen LogP contribution in [0.1, 0.15) is 24.4 Å². The van der Waals surface area contributed by atoms with Crippen molar-refractivity contribution in [2.45, 2.75) is 25.7 Å². The fraction of sp³-hybridized carbons (Fsp3) is 0.308. The summed E-state index contributed by atoms with van der Waals surface area (Å²) in [6.45, 7) is 4.54. The summed E-state index contributed by atoms with van der Waals surface area (Å²) in [5, 5.41) is 15.7. The summed E-state index contributed by atoms with van der Waals surface area (Å²) in [6.07, 6.45) is 3.51. The molecule has 7 nitrogen and oxygen atoms in total. The first-order chi connectivity index (χ1) is 17.6. The Morgan fingerprint density at radius 3 is 2.58 bits per heavy atom. The third-order valence-corrected chi connectivity index (χ3v) is 6.68. The zero-order valence-electron chi connectivity index (χ0n) is 20.0. The minimum Gasteiger partial charge on any atom is -0.485 e. The number of imidazole rings is 1. The lowest BCUT2D eigenvalue weighted by Crippen LogP contribution is -2.53. The van der Waals surface area contributed by atoms with E-state index in [4.69, 9.17) is 19.6 Å². The van der Waals surface area contributed by atoms with Crippen molar-refractivity contribution >= 4 is 28.5 Å². The van der Waals surface area contributed by atoms with Crippen molar-refractivity contribution in [2.75, 3.05) is 26.7 Å². The van der Waals surface area contributed by atoms with Crippen LogP contribution in [0.2, 0.25) is 0 Å². The lowest BCUT2D eigenvalue weighted by atomic mass is 10.0. The number of nitriles is 1. The molecule has 0 radical (unpaired) electrons. The molecule has 2 atom stereocenters. The fourth-order valence-corrected chi connectivity index (χ4v) is 5.07. The second-order valence-electron chi connectivity index (χ2n) is 7.87. The van der Waals surface area contributed by atoms with E-state index < -0.39 is 5.82 Å². The number of benzene rings is 2. The average Bonchev–Trinajstić information content (AvgIpc) is 3.34. The van der Waals surface area contributed by atoms with Crippen molar-refractivity contribution in [1.82, 2.24) is 14.5 Å². The maximum atomic E-state index is 14.6. The molecular weight excluding hydrogens is 593 g/mol. The highest BCUT2D eigenvalue weighted by atomic mass is 127. The minimum absolute atomic E-state index is 0.0736. The molecule has 36 heavy (non-hydrogen) atoms. The highest BCUT2D eigenvalue weighted by molar-refractivity contribution is 14.2. The predicted octanol–water partition coefficient (Wildman–Crippen LogP) is 4.96. The molecular formula is C26H27FIN4O3P. The monoisotopic (exact) mass is 620 g/mol. The van der Waals surface area contributed by atoms with Crippen molar-refractivity contribution in [3.63, 3.8) is 0 Å². The van der Waals surface area contributed by atoms with Crippen LogP contribution in [0.25, 0.3) is 11.1 Å². The molecule has 1 aliphatic heterocycles. The molecule has 1 saturated heterocycles. The summed E-state index contributed by atoms with van der Waals surface area (Å²) >= 11 is 2.20. The van der Waals surface area contributed by atoms with Gasteiger partial charge in [-0.2, -0.15) is 5.26 Å². The molecule has 3 aromatic rings. The molecule has 2 heterocycles. The third kappa shape index (κ3) is 7.49.